The van der Waals surface area contributed by atoms with Crippen molar-refractivity contribution in [3.05, 3.63) is 24.3 Å². The van der Waals surface area contributed by atoms with E-state index in [9.17, 15) is 28.2 Å². The summed E-state index contributed by atoms with van der Waals surface area (Å²) >= 11 is 0. The molecule has 21 heavy (non-hydrogen) atoms. The molecule has 0 aromatic heterocycles. The number of hydrogen-bond donors (Lipinski definition) is 1. The normalized spacial score (nSPS) is 9.05. The zero-order valence-corrected chi connectivity index (χ0v) is 19.6. The van der Waals surface area contributed by atoms with Gasteiger partial charge < -0.3 is 19.8 Å². The summed E-state index contributed by atoms with van der Waals surface area (Å²) in [6, 6.07) is 0. The van der Waals surface area contributed by atoms with Gasteiger partial charge in [-0.15, -0.1) is 0 Å². The second-order valence-electron chi connectivity index (χ2n) is 3.70. The Hall–Kier alpha value is 1.60. The molecule has 0 rings (SSSR count). The van der Waals surface area contributed by atoms with E-state index in [1.807, 2.05) is 0 Å². The van der Waals surface area contributed by atoms with Gasteiger partial charge in [-0.25, -0.2) is 0 Å². The van der Waals surface area contributed by atoms with Crippen LogP contribution in [-0.2, 0) is 19.7 Å². The molecule has 0 aromatic carbocycles. The molecular weight excluding hydrogens is 354 g/mol. The third-order valence-electron chi connectivity index (χ3n) is 1.77. The van der Waals surface area contributed by atoms with E-state index in [4.69, 9.17) is 4.55 Å². The smallest absolute Gasteiger partial charge is 0.545 e. The Balaban J connectivity index is -0.000000156. The maximum atomic E-state index is 10.2. The SMILES string of the molecule is C=C(C)C(=O)[O-].C=C(CCCCS(=O)(=O)O)C(=O)[O-].[K+].[K+]. The quantitative estimate of drug-likeness (QED) is 0.204. The van der Waals surface area contributed by atoms with Gasteiger partial charge in [0.05, 0.1) is 17.7 Å². The number of unbranched alkanes of at least 4 members (excludes halogenated alkanes) is 1. The fourth-order valence-electron chi connectivity index (χ4n) is 0.725. The fraction of sp³-hybridized carbons (Fsp3) is 0.455. The van der Waals surface area contributed by atoms with Gasteiger partial charge in [-0.3, -0.25) is 4.55 Å². The van der Waals surface area contributed by atoms with Gasteiger partial charge in [-0.05, 0) is 37.3 Å². The van der Waals surface area contributed by atoms with Crippen LogP contribution in [0.2, 0.25) is 0 Å². The van der Waals surface area contributed by atoms with Crippen molar-refractivity contribution in [2.24, 2.45) is 0 Å². The number of aliphatic carboxylic acids is 2. The summed E-state index contributed by atoms with van der Waals surface area (Å²) in [6.07, 6.45) is 0.746. The first-order chi connectivity index (χ1) is 8.47. The molecule has 0 aromatic rings. The zero-order chi connectivity index (χ0) is 15.6. The molecule has 0 bridgehead atoms. The number of carbonyl (C=O) groups excluding carboxylic acids is 2. The molecule has 0 unspecified atom stereocenters. The van der Waals surface area contributed by atoms with E-state index < -0.39 is 22.1 Å². The number of carbonyl (C=O) groups is 2. The van der Waals surface area contributed by atoms with Crippen molar-refractivity contribution in [1.82, 2.24) is 0 Å². The van der Waals surface area contributed by atoms with Crippen LogP contribution < -0.4 is 113 Å². The van der Waals surface area contributed by atoms with Crippen LogP contribution in [0.5, 0.6) is 0 Å². The van der Waals surface area contributed by atoms with Crippen molar-refractivity contribution in [3.8, 4) is 0 Å². The Morgan fingerprint density at radius 2 is 1.43 bits per heavy atom. The van der Waals surface area contributed by atoms with Crippen molar-refractivity contribution in [1.29, 1.82) is 0 Å². The molecule has 7 nitrogen and oxygen atoms in total. The Kier molecular flexibility index (Phi) is 23.9. The summed E-state index contributed by atoms with van der Waals surface area (Å²) in [7, 11) is -3.94. The molecule has 0 saturated heterocycles. The van der Waals surface area contributed by atoms with Crippen LogP contribution in [-0.4, -0.2) is 30.7 Å². The van der Waals surface area contributed by atoms with E-state index >= 15 is 0 Å². The van der Waals surface area contributed by atoms with E-state index in [1.54, 1.807) is 0 Å². The summed E-state index contributed by atoms with van der Waals surface area (Å²) in [4.78, 5) is 19.6. The van der Waals surface area contributed by atoms with E-state index in [-0.39, 0.29) is 133 Å². The van der Waals surface area contributed by atoms with Crippen LogP contribution in [0.25, 0.3) is 0 Å². The molecule has 0 spiro atoms. The van der Waals surface area contributed by atoms with Gasteiger partial charge in [-0.2, -0.15) is 8.42 Å². The number of carboxylic acids is 2. The summed E-state index contributed by atoms with van der Waals surface area (Å²) in [5, 5.41) is 19.6. The molecule has 0 amide bonds. The van der Waals surface area contributed by atoms with Crippen LogP contribution in [0.4, 0.5) is 0 Å². The van der Waals surface area contributed by atoms with Crippen molar-refractivity contribution >= 4 is 22.1 Å². The summed E-state index contributed by atoms with van der Waals surface area (Å²) < 4.78 is 28.7. The Bertz CT molecular complexity index is 445. The van der Waals surface area contributed by atoms with E-state index in [2.05, 4.69) is 13.2 Å². The molecule has 110 valence electrons. The molecule has 0 aliphatic carbocycles. The predicted octanol–water partition coefficient (Wildman–Crippen LogP) is -7.33. The minimum atomic E-state index is -3.94. The first kappa shape index (κ1) is 30.5. The molecule has 1 N–H and O–H groups in total. The Morgan fingerprint density at radius 3 is 1.67 bits per heavy atom. The topological polar surface area (TPSA) is 135 Å². The van der Waals surface area contributed by atoms with E-state index in [0.717, 1.165) is 0 Å². The Morgan fingerprint density at radius 1 is 1.05 bits per heavy atom. The van der Waals surface area contributed by atoms with Crippen molar-refractivity contribution in [3.63, 3.8) is 0 Å². The average molecular weight is 371 g/mol. The number of carboxylic acid groups (broad SMARTS) is 2. The van der Waals surface area contributed by atoms with E-state index in [0.29, 0.717) is 6.42 Å². The van der Waals surface area contributed by atoms with Crippen LogP contribution >= 0.6 is 0 Å². The van der Waals surface area contributed by atoms with Crippen LogP contribution in [0.15, 0.2) is 24.3 Å². The minimum Gasteiger partial charge on any atom is -0.545 e. The summed E-state index contributed by atoms with van der Waals surface area (Å²) in [5.74, 6) is -2.87. The van der Waals surface area contributed by atoms with Gasteiger partial charge in [0.2, 0.25) is 0 Å². The standard InChI is InChI=1S/C7H12O5S.C4H6O2.2K/c1-6(7(8)9)4-2-3-5-13(10,11)12;1-3(2)4(5)6;;/h1-5H2,(H,8,9)(H,10,11,12);1H2,2H3,(H,5,6);;/q;;2*+1/p-2. The van der Waals surface area contributed by atoms with E-state index in [1.165, 1.54) is 6.92 Å². The second-order valence-corrected chi connectivity index (χ2v) is 5.27. The molecule has 0 atom stereocenters. The van der Waals surface area contributed by atoms with Gasteiger partial charge in [0.25, 0.3) is 10.1 Å². The maximum absolute atomic E-state index is 10.2. The fourth-order valence-corrected chi connectivity index (χ4v) is 1.29. The number of hydrogen-bond acceptors (Lipinski definition) is 6. The zero-order valence-electron chi connectivity index (χ0n) is 12.5. The summed E-state index contributed by atoms with van der Waals surface area (Å²) in [6.45, 7) is 7.69. The van der Waals surface area contributed by atoms with Gasteiger partial charge in [0.15, 0.2) is 0 Å². The molecule has 0 saturated carbocycles. The largest absolute Gasteiger partial charge is 1.00 e. The monoisotopic (exact) mass is 370 g/mol. The predicted molar refractivity (Wildman–Crippen MR) is 64.2 cm³/mol. The third kappa shape index (κ3) is 26.8. The molecular formula is C11H16K2O7S. The first-order valence-corrected chi connectivity index (χ1v) is 6.79. The van der Waals surface area contributed by atoms with Crippen molar-refractivity contribution < 1.29 is 136 Å². The van der Waals surface area contributed by atoms with Crippen LogP contribution in [0, 0.1) is 0 Å². The number of rotatable bonds is 7. The van der Waals surface area contributed by atoms with Gasteiger partial charge >= 0.3 is 103 Å². The molecule has 0 radical (unpaired) electrons. The summed E-state index contributed by atoms with van der Waals surface area (Å²) in [5.41, 5.74) is 0.00494. The molecule has 0 aliphatic rings. The third-order valence-corrected chi connectivity index (χ3v) is 2.57. The van der Waals surface area contributed by atoms with Crippen molar-refractivity contribution in [2.45, 2.75) is 26.2 Å². The molecule has 0 heterocycles. The first-order valence-electron chi connectivity index (χ1n) is 5.18. The molecule has 0 fully saturated rings. The molecule has 10 heteroatoms. The maximum Gasteiger partial charge on any atom is 1.00 e. The van der Waals surface area contributed by atoms with Crippen LogP contribution in [0.1, 0.15) is 26.2 Å². The Labute approximate surface area is 209 Å². The van der Waals surface area contributed by atoms with Gasteiger partial charge in [-0.1, -0.05) is 13.2 Å². The minimum absolute atomic E-state index is 0. The van der Waals surface area contributed by atoms with Crippen molar-refractivity contribution in [2.75, 3.05) is 5.75 Å². The average Bonchev–Trinajstić information content (AvgIpc) is 2.23. The van der Waals surface area contributed by atoms with Gasteiger partial charge in [0.1, 0.15) is 0 Å². The van der Waals surface area contributed by atoms with Gasteiger partial charge in [0, 0.05) is 0 Å². The second kappa shape index (κ2) is 16.5. The van der Waals surface area contributed by atoms with Crippen LogP contribution in [0.3, 0.4) is 0 Å². The molecule has 0 aliphatic heterocycles.